The average Bonchev–Trinajstić information content (AvgIpc) is 0.763. The first-order valence-electron chi connectivity index (χ1n) is 27.8. The fraction of sp³-hybridized carbons (Fsp3) is 0.870. The van der Waals surface area contributed by atoms with Crippen LogP contribution in [0.4, 0.5) is 110 Å². The second kappa shape index (κ2) is 31.5. The Balaban J connectivity index is 0.00000113. The van der Waals surface area contributed by atoms with Crippen LogP contribution in [0.15, 0.2) is 24.3 Å². The van der Waals surface area contributed by atoms with Gasteiger partial charge in [-0.3, -0.25) is 4.79 Å². The number of hydrogen-bond donors (Lipinski definition) is 8. The van der Waals surface area contributed by atoms with Crippen LogP contribution >= 0.6 is 0 Å². The van der Waals surface area contributed by atoms with Gasteiger partial charge in [-0.05, 0) is 90.9 Å². The number of halogens is 25. The fourth-order valence-corrected chi connectivity index (χ4v) is 10.3. The molecule has 0 radical (unpaired) electrons. The van der Waals surface area contributed by atoms with Crippen LogP contribution in [0.1, 0.15) is 182 Å². The van der Waals surface area contributed by atoms with E-state index >= 15 is 0 Å². The van der Waals surface area contributed by atoms with Gasteiger partial charge in [0.25, 0.3) is 6.10 Å². The first kappa shape index (κ1) is 88.0. The molecule has 0 amide bonds. The van der Waals surface area contributed by atoms with Crippen LogP contribution in [-0.4, -0.2) is 171 Å². The number of esters is 2. The zero-order chi connectivity index (χ0) is 71.7. The average molecular weight is 1410 g/mol. The Morgan fingerprint density at radius 3 is 0.967 bits per heavy atom. The zero-order valence-electron chi connectivity index (χ0n) is 48.4. The smallest absolute Gasteiger partial charge is 0.449 e. The summed E-state index contributed by atoms with van der Waals surface area (Å²) >= 11 is 0. The number of alkyl halides is 25. The number of rotatable bonds is 14. The van der Waals surface area contributed by atoms with Crippen molar-refractivity contribution in [2.24, 2.45) is 0 Å². The van der Waals surface area contributed by atoms with Gasteiger partial charge < -0.3 is 50.3 Å². The molecule has 5 rings (SSSR count). The minimum Gasteiger partial charge on any atom is -0.449 e. The highest BCUT2D eigenvalue weighted by molar-refractivity contribution is 5.92. The Hall–Kier alpha value is -3.98. The van der Waals surface area contributed by atoms with Crippen LogP contribution in [0.25, 0.3) is 0 Å². The van der Waals surface area contributed by atoms with Crippen molar-refractivity contribution in [3.8, 4) is 0 Å². The summed E-state index contributed by atoms with van der Waals surface area (Å²) in [4.78, 5) is 33.3. The van der Waals surface area contributed by atoms with Crippen molar-refractivity contribution >= 4 is 17.7 Å². The lowest BCUT2D eigenvalue weighted by Gasteiger charge is -2.44. The Kier molecular flexibility index (Phi) is 30.1. The second-order valence-electron chi connectivity index (χ2n) is 23.1. The van der Waals surface area contributed by atoms with Gasteiger partial charge in [0, 0.05) is 11.1 Å². The number of ketones is 1. The predicted octanol–water partition coefficient (Wildman–Crippen LogP) is 13.6. The lowest BCUT2D eigenvalue weighted by Crippen LogP contribution is -2.68. The maximum Gasteiger partial charge on any atom is 0.456 e. The van der Waals surface area contributed by atoms with Gasteiger partial charge in [0.2, 0.25) is 12.2 Å². The molecule has 92 heavy (non-hydrogen) atoms. The van der Waals surface area contributed by atoms with Crippen molar-refractivity contribution in [1.82, 2.24) is 0 Å². The molecule has 0 aromatic rings. The number of ether oxygens (including phenoxy) is 2. The molecule has 0 saturated heterocycles. The van der Waals surface area contributed by atoms with Gasteiger partial charge in [-0.2, -0.15) is 101 Å². The summed E-state index contributed by atoms with van der Waals surface area (Å²) in [5.41, 5.74) is -14.8. The molecule has 5 saturated carbocycles. The van der Waals surface area contributed by atoms with Crippen LogP contribution in [0.2, 0.25) is 0 Å². The molecule has 0 heterocycles. The van der Waals surface area contributed by atoms with Gasteiger partial charge in [0.1, 0.15) is 22.4 Å². The molecule has 5 fully saturated rings. The Morgan fingerprint density at radius 1 is 0.402 bits per heavy atom. The SMILES string of the molecule is C.C=C(C)C(=O)OC(C(F)(F)F)C(F)(F)C1(O)CCCCC1.C=C(C)C(=O)OC1(C(F)(F)C(O)C(F)(F)F)CCCCC1.O=C(C(F)(F)F)C(F)(F)C1(O)CCCCC1.OC(C(F)(F)F)C(F)(F)C1(O)CCCCC1.OC1(C(F)(F)C(O)(O)C(F)(F)F)CCCCC1. The quantitative estimate of drug-likeness (QED) is 0.0351. The molecule has 544 valence electrons. The fourth-order valence-electron chi connectivity index (χ4n) is 10.3. The van der Waals surface area contributed by atoms with E-state index in [1.54, 1.807) is 0 Å². The first-order chi connectivity index (χ1) is 40.5. The van der Waals surface area contributed by atoms with E-state index in [-0.39, 0.29) is 77.2 Å². The molecule has 3 unspecified atom stereocenters. The van der Waals surface area contributed by atoms with Crippen LogP contribution in [0, 0.1) is 0 Å². The minimum atomic E-state index is -5.94. The molecule has 5 aliphatic rings. The molecule has 5 aliphatic carbocycles. The molecule has 0 aromatic carbocycles. The van der Waals surface area contributed by atoms with Gasteiger partial charge in [-0.1, -0.05) is 104 Å². The molecule has 13 nitrogen and oxygen atoms in total. The topological polar surface area (TPSA) is 232 Å². The van der Waals surface area contributed by atoms with E-state index in [0.29, 0.717) is 32.1 Å². The molecule has 38 heteroatoms. The van der Waals surface area contributed by atoms with E-state index in [0.717, 1.165) is 6.92 Å². The van der Waals surface area contributed by atoms with Gasteiger partial charge >= 0.3 is 84.0 Å². The number of aliphatic hydroxyl groups excluding tert-OH is 2. The molecule has 0 spiro atoms. The summed E-state index contributed by atoms with van der Waals surface area (Å²) in [7, 11) is 0. The van der Waals surface area contributed by atoms with Crippen molar-refractivity contribution in [1.29, 1.82) is 0 Å². The summed E-state index contributed by atoms with van der Waals surface area (Å²) in [5.74, 6) is -34.8. The normalized spacial score (nSPS) is 21.6. The number of aliphatic hydroxyl groups is 8. The molecule has 0 aromatic heterocycles. The third-order valence-corrected chi connectivity index (χ3v) is 15.9. The number of carbonyl (C=O) groups is 3. The highest BCUT2D eigenvalue weighted by Crippen LogP contribution is 2.53. The monoisotopic (exact) mass is 1410 g/mol. The first-order valence-corrected chi connectivity index (χ1v) is 27.8. The molecule has 8 N–H and O–H groups in total. The highest BCUT2D eigenvalue weighted by Gasteiger charge is 2.76. The molecular weight excluding hydrogens is 1330 g/mol. The Morgan fingerprint density at radius 2 is 0.685 bits per heavy atom. The summed E-state index contributed by atoms with van der Waals surface area (Å²) in [6.07, 6.45) is -39.7. The van der Waals surface area contributed by atoms with E-state index in [1.807, 2.05) is 0 Å². The third-order valence-electron chi connectivity index (χ3n) is 15.9. The van der Waals surface area contributed by atoms with Gasteiger partial charge in [0.05, 0.1) is 0 Å². The summed E-state index contributed by atoms with van der Waals surface area (Å²) in [6.45, 7) is 8.53. The van der Waals surface area contributed by atoms with E-state index < -0.39 is 200 Å². The van der Waals surface area contributed by atoms with Crippen LogP contribution in [-0.2, 0) is 23.9 Å². The van der Waals surface area contributed by atoms with E-state index in [2.05, 4.69) is 22.6 Å². The molecule has 0 aliphatic heterocycles. The summed E-state index contributed by atoms with van der Waals surface area (Å²) in [5, 5.41) is 73.3. The van der Waals surface area contributed by atoms with E-state index in [4.69, 9.17) is 20.4 Å². The van der Waals surface area contributed by atoms with Crippen LogP contribution in [0.3, 0.4) is 0 Å². The molecule has 0 bridgehead atoms. The van der Waals surface area contributed by atoms with E-state index in [9.17, 15) is 145 Å². The highest BCUT2D eigenvalue weighted by atomic mass is 19.4. The van der Waals surface area contributed by atoms with Crippen LogP contribution in [0.5, 0.6) is 0 Å². The van der Waals surface area contributed by atoms with Gasteiger partial charge in [-0.15, -0.1) is 0 Å². The Labute approximate surface area is 510 Å². The number of Topliss-reactive ketones (excluding diaryl/α,β-unsaturated/α-hetero) is 1. The maximum absolute atomic E-state index is 14.2. The number of carbonyl (C=O) groups excluding carboxylic acids is 3. The standard InChI is InChI=1S/2C13H17F5O3.C9H13F5O3.C9H13F5O2.C9H11F5O2.CH4/c1-8(2)9(19)21-10(13(16,17)18)12(14,15)11(20)6-4-3-5-7-11;1-8(2)9(19)21-11(6-4-3-5-7-11)12(14,15)10(20)13(16,17)18;10-7(11,8(16,17)9(12,13)14)6(15)4-2-1-3-5-6;2*10-8(11,6(15)9(12,13)14)7(16)4-2-1-3-5-7;/h2*10,20H,1,3-7H2,2H3;15-17H,1-5H2;6,15-16H,1-5H2;16H,1-5H2;1H4. The lowest BCUT2D eigenvalue weighted by molar-refractivity contribution is -0.443. The zero-order valence-corrected chi connectivity index (χ0v) is 48.4. The van der Waals surface area contributed by atoms with Crippen molar-refractivity contribution < 1.29 is 174 Å². The minimum absolute atomic E-state index is 0. The molecular formula is C54H75F25O13. The third kappa shape index (κ3) is 20.5. The second-order valence-corrected chi connectivity index (χ2v) is 23.1. The molecule has 3 atom stereocenters. The van der Waals surface area contributed by atoms with Crippen molar-refractivity contribution in [3.05, 3.63) is 24.3 Å². The van der Waals surface area contributed by atoms with Gasteiger partial charge in [-0.25, -0.2) is 18.4 Å². The Bertz CT molecular complexity index is 2370. The van der Waals surface area contributed by atoms with Crippen LogP contribution < -0.4 is 0 Å². The van der Waals surface area contributed by atoms with Crippen molar-refractivity contribution in [2.75, 3.05) is 0 Å². The maximum atomic E-state index is 14.2. The summed E-state index contributed by atoms with van der Waals surface area (Å²) in [6, 6.07) is 0. The largest absolute Gasteiger partial charge is 0.456 e. The van der Waals surface area contributed by atoms with E-state index in [1.165, 1.54) is 6.92 Å². The predicted molar refractivity (Wildman–Crippen MR) is 269 cm³/mol. The summed E-state index contributed by atoms with van der Waals surface area (Å²) < 4.78 is 330. The number of hydrogen-bond acceptors (Lipinski definition) is 13. The van der Waals surface area contributed by atoms with Gasteiger partial charge in [0.15, 0.2) is 5.60 Å². The van der Waals surface area contributed by atoms with Crippen molar-refractivity contribution in [2.45, 2.75) is 294 Å². The van der Waals surface area contributed by atoms with Crippen molar-refractivity contribution in [3.63, 3.8) is 0 Å². The lowest BCUT2D eigenvalue weighted by atomic mass is 9.77.